The van der Waals surface area contributed by atoms with Gasteiger partial charge in [-0.05, 0) is 43.4 Å². The summed E-state index contributed by atoms with van der Waals surface area (Å²) in [6, 6.07) is 4.10. The monoisotopic (exact) mass is 421 g/mol. The maximum atomic E-state index is 14.7. The second-order valence-electron chi connectivity index (χ2n) is 8.59. The summed E-state index contributed by atoms with van der Waals surface area (Å²) in [7, 11) is 0. The summed E-state index contributed by atoms with van der Waals surface area (Å²) in [6.07, 6.45) is 2.11. The fourth-order valence-electron chi connectivity index (χ4n) is 2.99. The van der Waals surface area contributed by atoms with Crippen LogP contribution < -0.4 is 5.73 Å². The molecule has 0 amide bonds. The number of esters is 1. The van der Waals surface area contributed by atoms with Crippen molar-refractivity contribution in [2.75, 3.05) is 0 Å². The number of aromatic nitrogens is 2. The molecule has 0 saturated carbocycles. The van der Waals surface area contributed by atoms with Crippen LogP contribution in [-0.2, 0) is 15.1 Å². The van der Waals surface area contributed by atoms with Gasteiger partial charge in [-0.3, -0.25) is 0 Å². The van der Waals surface area contributed by atoms with E-state index in [9.17, 15) is 18.0 Å². The number of benzene rings is 1. The van der Waals surface area contributed by atoms with Crippen LogP contribution >= 0.6 is 0 Å². The largest absolute Gasteiger partial charge is 0.461 e. The van der Waals surface area contributed by atoms with Gasteiger partial charge >= 0.3 is 12.5 Å². The number of rotatable bonds is 5. The average molecular weight is 421 g/mol. The van der Waals surface area contributed by atoms with Crippen molar-refractivity contribution < 1.29 is 22.7 Å². The molecule has 2 aromatic rings. The molecule has 0 spiro atoms. The fourth-order valence-corrected chi connectivity index (χ4v) is 2.99. The van der Waals surface area contributed by atoms with E-state index < -0.39 is 23.9 Å². The van der Waals surface area contributed by atoms with Gasteiger partial charge in [-0.1, -0.05) is 38.7 Å². The molecule has 162 valence electrons. The molecule has 0 unspecified atom stereocenters. The number of carbonyl (C=O) groups excluding carboxylic acids is 1. The Bertz CT molecular complexity index is 968. The Labute approximate surface area is 174 Å². The Morgan fingerprint density at radius 1 is 1.27 bits per heavy atom. The molecule has 2 N–H and O–H groups in total. The van der Waals surface area contributed by atoms with E-state index >= 15 is 0 Å². The Kier molecular flexibility index (Phi) is 6.99. The predicted octanol–water partition coefficient (Wildman–Crippen LogP) is 4.36. The third-order valence-corrected chi connectivity index (χ3v) is 4.14. The molecule has 0 saturated heterocycles. The summed E-state index contributed by atoms with van der Waals surface area (Å²) in [5, 5.41) is 3.48. The van der Waals surface area contributed by atoms with Crippen LogP contribution in [0, 0.1) is 23.1 Å². The maximum absolute atomic E-state index is 14.7. The van der Waals surface area contributed by atoms with E-state index in [1.807, 2.05) is 20.8 Å². The summed E-state index contributed by atoms with van der Waals surface area (Å²) in [4.78, 5) is 12.7. The van der Waals surface area contributed by atoms with Crippen molar-refractivity contribution in [1.29, 1.82) is 0 Å². The molecule has 1 heterocycles. The van der Waals surface area contributed by atoms with Crippen molar-refractivity contribution in [3.8, 4) is 11.8 Å². The Balaban J connectivity index is 2.38. The lowest BCUT2D eigenvalue weighted by Gasteiger charge is -2.34. The minimum Gasteiger partial charge on any atom is -0.461 e. The van der Waals surface area contributed by atoms with Gasteiger partial charge in [0.05, 0.1) is 23.4 Å². The SMILES string of the molecule is CC(C)OC(=O)[C@@](N)(CC(C)(C)C)c1ccc(C#Cc2cnn(C(F)F)c2)c(F)c1. The molecule has 30 heavy (non-hydrogen) atoms. The van der Waals surface area contributed by atoms with E-state index in [-0.39, 0.29) is 34.6 Å². The summed E-state index contributed by atoms with van der Waals surface area (Å²) in [5.74, 6) is 3.87. The van der Waals surface area contributed by atoms with E-state index in [4.69, 9.17) is 10.5 Å². The van der Waals surface area contributed by atoms with Gasteiger partial charge in [0.1, 0.15) is 11.4 Å². The highest BCUT2D eigenvalue weighted by atomic mass is 19.3. The standard InChI is InChI=1S/C22H26F3N3O2/c1-14(2)30-19(29)22(26,13-21(3,4)5)17-9-8-16(18(23)10-17)7-6-15-11-27-28(12-15)20(24)25/h8-12,14,20H,13,26H2,1-5H3/t22-/m1/s1. The number of carbonyl (C=O) groups is 1. The minimum absolute atomic E-state index is 0.0406. The van der Waals surface area contributed by atoms with Crippen molar-refractivity contribution in [3.05, 3.63) is 53.1 Å². The van der Waals surface area contributed by atoms with E-state index in [1.165, 1.54) is 24.4 Å². The molecule has 8 heteroatoms. The van der Waals surface area contributed by atoms with Crippen molar-refractivity contribution in [2.24, 2.45) is 11.1 Å². The van der Waals surface area contributed by atoms with Gasteiger partial charge in [-0.2, -0.15) is 13.9 Å². The molecule has 0 aliphatic carbocycles. The van der Waals surface area contributed by atoms with Crippen LogP contribution in [0.2, 0.25) is 0 Å². The first-order chi connectivity index (χ1) is 13.8. The zero-order valence-corrected chi connectivity index (χ0v) is 17.7. The molecular formula is C22H26F3N3O2. The highest BCUT2D eigenvalue weighted by Gasteiger charge is 2.41. The smallest absolute Gasteiger partial charge is 0.333 e. The quantitative estimate of drug-likeness (QED) is 0.575. The number of alkyl halides is 2. The molecular weight excluding hydrogens is 395 g/mol. The molecule has 1 aromatic heterocycles. The van der Waals surface area contributed by atoms with Crippen LogP contribution in [0.5, 0.6) is 0 Å². The summed E-state index contributed by atoms with van der Waals surface area (Å²) in [6.45, 7) is 6.42. The Morgan fingerprint density at radius 3 is 2.43 bits per heavy atom. The van der Waals surface area contributed by atoms with Gasteiger partial charge in [-0.15, -0.1) is 0 Å². The van der Waals surface area contributed by atoms with Crippen molar-refractivity contribution in [1.82, 2.24) is 9.78 Å². The number of nitrogens with zero attached hydrogens (tertiary/aromatic N) is 2. The van der Waals surface area contributed by atoms with Gasteiger partial charge in [0, 0.05) is 6.20 Å². The van der Waals surface area contributed by atoms with Crippen LogP contribution in [0.1, 0.15) is 64.3 Å². The fraction of sp³-hybridized carbons (Fsp3) is 0.455. The lowest BCUT2D eigenvalue weighted by atomic mass is 9.76. The highest BCUT2D eigenvalue weighted by Crippen LogP contribution is 2.35. The molecule has 2 rings (SSSR count). The molecule has 0 radical (unpaired) electrons. The number of halogens is 3. The van der Waals surface area contributed by atoms with E-state index in [0.29, 0.717) is 4.68 Å². The molecule has 5 nitrogen and oxygen atoms in total. The van der Waals surface area contributed by atoms with Crippen molar-refractivity contribution >= 4 is 5.97 Å². The minimum atomic E-state index is -2.78. The van der Waals surface area contributed by atoms with Gasteiger partial charge in [-0.25, -0.2) is 13.9 Å². The third kappa shape index (κ3) is 5.86. The van der Waals surface area contributed by atoms with Gasteiger partial charge in [0.15, 0.2) is 0 Å². The lowest BCUT2D eigenvalue weighted by Crippen LogP contribution is -2.49. The van der Waals surface area contributed by atoms with Crippen LogP contribution in [0.15, 0.2) is 30.6 Å². The molecule has 1 atom stereocenters. The Hall–Kier alpha value is -2.79. The molecule has 0 aliphatic rings. The van der Waals surface area contributed by atoms with Gasteiger partial charge < -0.3 is 10.5 Å². The average Bonchev–Trinajstić information content (AvgIpc) is 3.07. The maximum Gasteiger partial charge on any atom is 0.333 e. The van der Waals surface area contributed by atoms with Crippen LogP contribution in [0.25, 0.3) is 0 Å². The van der Waals surface area contributed by atoms with E-state index in [1.54, 1.807) is 13.8 Å². The second kappa shape index (κ2) is 8.92. The topological polar surface area (TPSA) is 70.1 Å². The molecule has 1 aromatic carbocycles. The number of hydrogen-bond acceptors (Lipinski definition) is 4. The lowest BCUT2D eigenvalue weighted by molar-refractivity contribution is -0.156. The zero-order valence-electron chi connectivity index (χ0n) is 17.7. The number of nitrogens with two attached hydrogens (primary N) is 1. The zero-order chi connectivity index (χ0) is 22.7. The first-order valence-corrected chi connectivity index (χ1v) is 9.46. The first-order valence-electron chi connectivity index (χ1n) is 9.46. The second-order valence-corrected chi connectivity index (χ2v) is 8.59. The first kappa shape index (κ1) is 23.5. The third-order valence-electron chi connectivity index (χ3n) is 4.14. The molecule has 0 fully saturated rings. The van der Waals surface area contributed by atoms with Gasteiger partial charge in [0.2, 0.25) is 0 Å². The molecule has 0 aliphatic heterocycles. The normalized spacial score (nSPS) is 13.7. The molecule has 0 bridgehead atoms. The highest BCUT2D eigenvalue weighted by molar-refractivity contribution is 5.82. The number of hydrogen-bond donors (Lipinski definition) is 1. The summed E-state index contributed by atoms with van der Waals surface area (Å²) in [5.41, 5.74) is 5.13. The van der Waals surface area contributed by atoms with E-state index in [0.717, 1.165) is 6.20 Å². The van der Waals surface area contributed by atoms with Crippen molar-refractivity contribution in [2.45, 2.75) is 59.2 Å². The predicted molar refractivity (Wildman–Crippen MR) is 107 cm³/mol. The van der Waals surface area contributed by atoms with Crippen LogP contribution in [0.4, 0.5) is 13.2 Å². The summed E-state index contributed by atoms with van der Waals surface area (Å²) >= 11 is 0. The van der Waals surface area contributed by atoms with E-state index in [2.05, 4.69) is 16.9 Å². The Morgan fingerprint density at radius 2 is 1.93 bits per heavy atom. The summed E-state index contributed by atoms with van der Waals surface area (Å²) < 4.78 is 45.6. The number of ether oxygens (including phenoxy) is 1. The van der Waals surface area contributed by atoms with Crippen molar-refractivity contribution in [3.63, 3.8) is 0 Å². The van der Waals surface area contributed by atoms with Crippen LogP contribution in [0.3, 0.4) is 0 Å². The van der Waals surface area contributed by atoms with Gasteiger partial charge in [0.25, 0.3) is 0 Å². The van der Waals surface area contributed by atoms with Crippen LogP contribution in [-0.4, -0.2) is 21.9 Å².